The van der Waals surface area contributed by atoms with Crippen molar-refractivity contribution in [1.29, 1.82) is 0 Å². The van der Waals surface area contributed by atoms with Crippen molar-refractivity contribution in [3.8, 4) is 6.01 Å². The fourth-order valence-electron chi connectivity index (χ4n) is 1.35. The van der Waals surface area contributed by atoms with Crippen LogP contribution in [0.1, 0.15) is 6.92 Å². The minimum absolute atomic E-state index is 0.0198. The van der Waals surface area contributed by atoms with Crippen LogP contribution in [0.5, 0.6) is 6.01 Å². The number of aromatic nitrogens is 3. The number of hydrogen-bond acceptors (Lipinski definition) is 5. The van der Waals surface area contributed by atoms with E-state index in [1.165, 1.54) is 0 Å². The molecule has 5 nitrogen and oxygen atoms in total. The minimum atomic E-state index is -0.885. The molecular formula is C11H8Cl2F2N4O. The number of anilines is 2. The molecule has 1 N–H and O–H groups in total. The average Bonchev–Trinajstić information content (AvgIpc) is 2.33. The maximum absolute atomic E-state index is 13.6. The zero-order valence-corrected chi connectivity index (χ0v) is 11.6. The van der Waals surface area contributed by atoms with Crippen molar-refractivity contribution in [3.63, 3.8) is 0 Å². The zero-order valence-electron chi connectivity index (χ0n) is 10.1. The monoisotopic (exact) mass is 320 g/mol. The molecule has 0 aliphatic heterocycles. The summed E-state index contributed by atoms with van der Waals surface area (Å²) in [6.07, 6.45) is 0. The first-order chi connectivity index (χ1) is 9.49. The topological polar surface area (TPSA) is 59.9 Å². The van der Waals surface area contributed by atoms with E-state index in [0.717, 1.165) is 6.07 Å². The molecule has 2 rings (SSSR count). The largest absolute Gasteiger partial charge is 0.464 e. The molecule has 0 aliphatic rings. The SMILES string of the molecule is CCOc1nc(Cl)nc(Nc2c(F)cc(F)cc2Cl)n1. The molecule has 2 aromatic rings. The quantitative estimate of drug-likeness (QED) is 0.932. The highest BCUT2D eigenvalue weighted by atomic mass is 35.5. The van der Waals surface area contributed by atoms with Crippen molar-refractivity contribution in [1.82, 2.24) is 15.0 Å². The Morgan fingerprint density at radius 3 is 2.60 bits per heavy atom. The molecule has 0 spiro atoms. The van der Waals surface area contributed by atoms with Crippen LogP contribution < -0.4 is 10.1 Å². The predicted molar refractivity (Wildman–Crippen MR) is 70.7 cm³/mol. The molecule has 9 heteroatoms. The molecule has 0 saturated heterocycles. The molecule has 1 heterocycles. The van der Waals surface area contributed by atoms with Crippen molar-refractivity contribution < 1.29 is 13.5 Å². The first-order valence-corrected chi connectivity index (χ1v) is 6.21. The number of hydrogen-bond donors (Lipinski definition) is 1. The summed E-state index contributed by atoms with van der Waals surface area (Å²) >= 11 is 11.4. The van der Waals surface area contributed by atoms with E-state index in [2.05, 4.69) is 20.3 Å². The van der Waals surface area contributed by atoms with E-state index < -0.39 is 11.6 Å². The van der Waals surface area contributed by atoms with Gasteiger partial charge in [0.2, 0.25) is 11.2 Å². The third-order valence-corrected chi connectivity index (χ3v) is 2.57. The Balaban J connectivity index is 2.35. The van der Waals surface area contributed by atoms with Gasteiger partial charge in [0.05, 0.1) is 17.3 Å². The smallest absolute Gasteiger partial charge is 0.322 e. The Kier molecular flexibility index (Phi) is 4.51. The minimum Gasteiger partial charge on any atom is -0.464 e. The van der Waals surface area contributed by atoms with Crippen LogP contribution in [-0.2, 0) is 0 Å². The lowest BCUT2D eigenvalue weighted by atomic mass is 10.3. The average molecular weight is 321 g/mol. The molecule has 106 valence electrons. The summed E-state index contributed by atoms with van der Waals surface area (Å²) in [5.74, 6) is -1.74. The van der Waals surface area contributed by atoms with Gasteiger partial charge >= 0.3 is 6.01 Å². The van der Waals surface area contributed by atoms with E-state index in [4.69, 9.17) is 27.9 Å². The van der Waals surface area contributed by atoms with Gasteiger partial charge in [-0.1, -0.05) is 11.6 Å². The Morgan fingerprint density at radius 2 is 1.95 bits per heavy atom. The fourth-order valence-corrected chi connectivity index (χ4v) is 1.75. The third-order valence-electron chi connectivity index (χ3n) is 2.10. The van der Waals surface area contributed by atoms with Crippen LogP contribution in [0.15, 0.2) is 12.1 Å². The molecule has 1 aromatic heterocycles. The van der Waals surface area contributed by atoms with Crippen molar-refractivity contribution in [2.24, 2.45) is 0 Å². The third kappa shape index (κ3) is 3.43. The van der Waals surface area contributed by atoms with Crippen molar-refractivity contribution in [2.45, 2.75) is 6.92 Å². The number of rotatable bonds is 4. The summed E-state index contributed by atoms with van der Waals surface area (Å²) < 4.78 is 31.6. The van der Waals surface area contributed by atoms with Crippen LogP contribution in [0.25, 0.3) is 0 Å². The standard InChI is InChI=1S/C11H8Cl2F2N4O/c1-2-20-11-18-9(13)17-10(19-11)16-8-6(12)3-5(14)4-7(8)15/h3-4H,2H2,1H3,(H,16,17,18,19). The highest BCUT2D eigenvalue weighted by Crippen LogP contribution is 2.28. The molecule has 0 aliphatic carbocycles. The molecule has 20 heavy (non-hydrogen) atoms. The van der Waals surface area contributed by atoms with E-state index in [1.54, 1.807) is 6.92 Å². The van der Waals surface area contributed by atoms with E-state index >= 15 is 0 Å². The molecule has 0 unspecified atom stereocenters. The number of nitrogens with zero attached hydrogens (tertiary/aromatic N) is 3. The number of benzene rings is 1. The second-order valence-electron chi connectivity index (χ2n) is 3.51. The summed E-state index contributed by atoms with van der Waals surface area (Å²) in [4.78, 5) is 11.3. The van der Waals surface area contributed by atoms with Gasteiger partial charge in [-0.05, 0) is 24.6 Å². The summed E-state index contributed by atoms with van der Waals surface area (Å²) in [6, 6.07) is 1.62. The maximum Gasteiger partial charge on any atom is 0.322 e. The molecule has 0 amide bonds. The number of nitrogens with one attached hydrogen (secondary N) is 1. The molecule has 0 radical (unpaired) electrons. The fraction of sp³-hybridized carbons (Fsp3) is 0.182. The first kappa shape index (κ1) is 14.7. The molecule has 1 aromatic carbocycles. The summed E-state index contributed by atoms with van der Waals surface area (Å²) in [5, 5.41) is 2.22. The molecule has 0 fully saturated rings. The molecule has 0 atom stereocenters. The van der Waals surface area contributed by atoms with Crippen LogP contribution >= 0.6 is 23.2 Å². The van der Waals surface area contributed by atoms with Gasteiger partial charge in [0, 0.05) is 6.07 Å². The van der Waals surface area contributed by atoms with Crippen molar-refractivity contribution in [3.05, 3.63) is 34.1 Å². The summed E-state index contributed by atoms with van der Waals surface area (Å²) in [7, 11) is 0. The van der Waals surface area contributed by atoms with Gasteiger partial charge in [0.25, 0.3) is 0 Å². The van der Waals surface area contributed by atoms with Gasteiger partial charge in [0.15, 0.2) is 5.82 Å². The van der Waals surface area contributed by atoms with Gasteiger partial charge < -0.3 is 10.1 Å². The first-order valence-electron chi connectivity index (χ1n) is 5.45. The highest BCUT2D eigenvalue weighted by Gasteiger charge is 2.13. The van der Waals surface area contributed by atoms with Crippen molar-refractivity contribution >= 4 is 34.8 Å². The van der Waals surface area contributed by atoms with E-state index in [0.29, 0.717) is 12.7 Å². The van der Waals surface area contributed by atoms with Crippen LogP contribution in [-0.4, -0.2) is 21.6 Å². The number of halogens is 4. The Labute approximate surface area is 122 Å². The lowest BCUT2D eigenvalue weighted by Gasteiger charge is -2.09. The van der Waals surface area contributed by atoms with Gasteiger partial charge in [-0.25, -0.2) is 8.78 Å². The van der Waals surface area contributed by atoms with Gasteiger partial charge in [-0.3, -0.25) is 0 Å². The predicted octanol–water partition coefficient (Wildman–Crippen LogP) is 3.60. The Hall–Kier alpha value is -1.73. The van der Waals surface area contributed by atoms with Gasteiger partial charge in [-0.15, -0.1) is 0 Å². The highest BCUT2D eigenvalue weighted by molar-refractivity contribution is 6.33. The van der Waals surface area contributed by atoms with E-state index in [9.17, 15) is 8.78 Å². The molecule has 0 saturated carbocycles. The molecular weight excluding hydrogens is 313 g/mol. The van der Waals surface area contributed by atoms with Gasteiger partial charge in [0.1, 0.15) is 5.82 Å². The van der Waals surface area contributed by atoms with E-state index in [-0.39, 0.29) is 28.0 Å². The molecule has 0 bridgehead atoms. The van der Waals surface area contributed by atoms with Gasteiger partial charge in [-0.2, -0.15) is 15.0 Å². The number of ether oxygens (including phenoxy) is 1. The second kappa shape index (κ2) is 6.15. The lowest BCUT2D eigenvalue weighted by molar-refractivity contribution is 0.312. The Bertz CT molecular complexity index is 619. The normalized spacial score (nSPS) is 10.4. The van der Waals surface area contributed by atoms with E-state index in [1.807, 2.05) is 0 Å². The zero-order chi connectivity index (χ0) is 14.7. The maximum atomic E-state index is 13.6. The van der Waals surface area contributed by atoms with Crippen LogP contribution in [0.4, 0.5) is 20.4 Å². The summed E-state index contributed by atoms with van der Waals surface area (Å²) in [6.45, 7) is 2.06. The van der Waals surface area contributed by atoms with Crippen molar-refractivity contribution in [2.75, 3.05) is 11.9 Å². The van der Waals surface area contributed by atoms with Crippen LogP contribution in [0.3, 0.4) is 0 Å². The van der Waals surface area contributed by atoms with Crippen LogP contribution in [0.2, 0.25) is 10.3 Å². The summed E-state index contributed by atoms with van der Waals surface area (Å²) in [5.41, 5.74) is -0.169. The second-order valence-corrected chi connectivity index (χ2v) is 4.26. The lowest BCUT2D eigenvalue weighted by Crippen LogP contribution is -2.05. The Morgan fingerprint density at radius 1 is 1.20 bits per heavy atom. The van der Waals surface area contributed by atoms with Crippen LogP contribution in [0, 0.1) is 11.6 Å².